The number of unbranched alkanes of at least 4 members (excludes halogenated alkanes) is 1. The Balaban J connectivity index is 0.857. The number of likely N-dealkylation sites (tertiary alicyclic amines) is 1. The molecule has 8 rings (SSSR count). The fourth-order valence-electron chi connectivity index (χ4n) is 8.07. The molecule has 4 aliphatic rings. The minimum absolute atomic E-state index is 0.0000496. The van der Waals surface area contributed by atoms with Gasteiger partial charge in [-0.1, -0.05) is 12.1 Å². The highest BCUT2D eigenvalue weighted by Gasteiger charge is 2.46. The molecule has 64 heavy (non-hydrogen) atoms. The Morgan fingerprint density at radius 1 is 0.859 bits per heavy atom. The van der Waals surface area contributed by atoms with Gasteiger partial charge in [0.05, 0.1) is 51.6 Å². The van der Waals surface area contributed by atoms with Crippen LogP contribution in [-0.2, 0) is 20.6 Å². The third kappa shape index (κ3) is 9.08. The zero-order chi connectivity index (χ0) is 45.4. The number of imide groups is 2. The molecule has 1 unspecified atom stereocenters. The molecule has 1 aromatic heterocycles. The molecule has 3 fully saturated rings. The predicted molar refractivity (Wildman–Crippen MR) is 224 cm³/mol. The van der Waals surface area contributed by atoms with Crippen LogP contribution in [0.1, 0.15) is 85.5 Å². The Bertz CT molecular complexity index is 2610. The van der Waals surface area contributed by atoms with Crippen LogP contribution in [0.25, 0.3) is 22.0 Å². The van der Waals surface area contributed by atoms with Crippen molar-refractivity contribution in [3.05, 3.63) is 88.4 Å². The Hall–Kier alpha value is -6.96. The van der Waals surface area contributed by atoms with Gasteiger partial charge >= 0.3 is 6.18 Å². The molecular weight excluding hydrogens is 843 g/mol. The van der Waals surface area contributed by atoms with E-state index in [9.17, 15) is 46.7 Å². The number of carbonyl (C=O) groups is 7. The molecule has 0 bridgehead atoms. The first-order valence-corrected chi connectivity index (χ1v) is 20.8. The largest absolute Gasteiger partial charge is 0.417 e. The summed E-state index contributed by atoms with van der Waals surface area (Å²) in [7, 11) is 1.91. The van der Waals surface area contributed by atoms with E-state index >= 15 is 4.39 Å². The molecular formula is C44H43F4N9O7. The second-order valence-electron chi connectivity index (χ2n) is 16.3. The smallest absolute Gasteiger partial charge is 0.381 e. The molecule has 7 amide bonds. The van der Waals surface area contributed by atoms with Crippen molar-refractivity contribution in [2.24, 2.45) is 0 Å². The van der Waals surface area contributed by atoms with Crippen LogP contribution in [0, 0.1) is 5.82 Å². The lowest BCUT2D eigenvalue weighted by atomic mass is 9.94. The van der Waals surface area contributed by atoms with Gasteiger partial charge in [0.15, 0.2) is 0 Å². The average molecular weight is 886 g/mol. The molecule has 4 aromatic rings. The van der Waals surface area contributed by atoms with E-state index in [2.05, 4.69) is 36.9 Å². The van der Waals surface area contributed by atoms with Gasteiger partial charge in [0.2, 0.25) is 17.7 Å². The van der Waals surface area contributed by atoms with Crippen LogP contribution in [0.15, 0.2) is 54.7 Å². The maximum Gasteiger partial charge on any atom is 0.417 e. The highest BCUT2D eigenvalue weighted by molar-refractivity contribution is 6.25. The number of nitrogens with one attached hydrogen (secondary N) is 6. The van der Waals surface area contributed by atoms with E-state index < -0.39 is 64.9 Å². The normalized spacial score (nSPS) is 17.8. The summed E-state index contributed by atoms with van der Waals surface area (Å²) in [6.07, 6.45) is -1.20. The number of rotatable bonds is 15. The average Bonchev–Trinajstić information content (AvgIpc) is 4.03. The van der Waals surface area contributed by atoms with E-state index in [0.29, 0.717) is 31.6 Å². The molecule has 1 saturated carbocycles. The standard InChI is InChI=1S/C44H43F4N9O7/c1-56-20-24(21-56)54-40(61)29-18-51-33-17-30(44(46,47)48)27(16-28(33)38(29)53-23-8-9-23)22-7-10-25(31(45)15-22)39(60)50-14-3-2-13-49-36(59)19-52-32-6-4-5-26-37(32)43(64)57(42(26)63)34-11-12-35(58)55-41(34)62/h4-7,10,15-18,23-24,34,52H,2-3,8-9,11-14,19-21H2,1H3,(H,49,59)(H,50,60)(H,51,53)(H,54,61)(H,55,58,62). The maximum atomic E-state index is 15.6. The fraction of sp³-hybridized carbons (Fsp3) is 0.364. The first kappa shape index (κ1) is 43.7. The number of alkyl halides is 3. The first-order valence-electron chi connectivity index (χ1n) is 20.8. The lowest BCUT2D eigenvalue weighted by molar-refractivity contribution is -0.137. The van der Waals surface area contributed by atoms with Gasteiger partial charge < -0.3 is 31.5 Å². The van der Waals surface area contributed by atoms with Crippen LogP contribution in [0.4, 0.5) is 28.9 Å². The van der Waals surface area contributed by atoms with Crippen molar-refractivity contribution in [2.45, 2.75) is 62.8 Å². The molecule has 20 heteroatoms. The van der Waals surface area contributed by atoms with E-state index in [1.807, 2.05) is 11.9 Å². The molecule has 0 spiro atoms. The van der Waals surface area contributed by atoms with Crippen molar-refractivity contribution in [1.29, 1.82) is 0 Å². The maximum absolute atomic E-state index is 15.6. The second kappa shape index (κ2) is 17.7. The molecule has 3 aliphatic heterocycles. The number of hydrogen-bond acceptors (Lipinski definition) is 11. The van der Waals surface area contributed by atoms with Crippen molar-refractivity contribution >= 4 is 63.6 Å². The summed E-state index contributed by atoms with van der Waals surface area (Å²) in [4.78, 5) is 96.3. The zero-order valence-corrected chi connectivity index (χ0v) is 34.4. The number of pyridine rings is 1. The summed E-state index contributed by atoms with van der Waals surface area (Å²) in [5, 5.41) is 16.8. The highest BCUT2D eigenvalue weighted by atomic mass is 19.4. The Morgan fingerprint density at radius 2 is 1.61 bits per heavy atom. The third-order valence-electron chi connectivity index (χ3n) is 11.5. The molecule has 1 aliphatic carbocycles. The number of piperidine rings is 1. The van der Waals surface area contributed by atoms with E-state index in [-0.39, 0.29) is 94.5 Å². The van der Waals surface area contributed by atoms with Crippen molar-refractivity contribution in [2.75, 3.05) is 50.4 Å². The Morgan fingerprint density at radius 3 is 2.30 bits per heavy atom. The third-order valence-corrected chi connectivity index (χ3v) is 11.5. The van der Waals surface area contributed by atoms with Crippen molar-refractivity contribution in [1.82, 2.24) is 36.1 Å². The van der Waals surface area contributed by atoms with Crippen molar-refractivity contribution < 1.29 is 51.1 Å². The number of hydrogen-bond donors (Lipinski definition) is 6. The van der Waals surface area contributed by atoms with Gasteiger partial charge in [0.1, 0.15) is 11.9 Å². The molecule has 3 aromatic carbocycles. The van der Waals surface area contributed by atoms with E-state index in [1.165, 1.54) is 36.5 Å². The lowest BCUT2D eigenvalue weighted by Gasteiger charge is -2.36. The number of nitrogens with zero attached hydrogens (tertiary/aromatic N) is 3. The topological polar surface area (TPSA) is 211 Å². The zero-order valence-electron chi connectivity index (χ0n) is 34.4. The number of halogens is 4. The summed E-state index contributed by atoms with van der Waals surface area (Å²) in [6, 6.07) is 8.62. The van der Waals surface area contributed by atoms with Gasteiger partial charge in [-0.15, -0.1) is 0 Å². The molecule has 0 radical (unpaired) electrons. The highest BCUT2D eigenvalue weighted by Crippen LogP contribution is 2.42. The molecule has 334 valence electrons. The number of fused-ring (bicyclic) bond motifs is 2. The van der Waals surface area contributed by atoms with Gasteiger partial charge in [0.25, 0.3) is 23.6 Å². The van der Waals surface area contributed by atoms with Crippen LogP contribution >= 0.6 is 0 Å². The predicted octanol–water partition coefficient (Wildman–Crippen LogP) is 3.82. The van der Waals surface area contributed by atoms with Gasteiger partial charge in [-0.3, -0.25) is 48.8 Å². The van der Waals surface area contributed by atoms with Crippen LogP contribution in [-0.4, -0.2) is 114 Å². The van der Waals surface area contributed by atoms with Gasteiger partial charge in [-0.25, -0.2) is 4.39 Å². The van der Waals surface area contributed by atoms with Crippen LogP contribution in [0.3, 0.4) is 0 Å². The van der Waals surface area contributed by atoms with E-state index in [1.54, 1.807) is 0 Å². The SMILES string of the molecule is CN1CC(NC(=O)c2cnc3cc(C(F)(F)F)c(-c4ccc(C(=O)NCCCCNC(=O)CNc5cccc6c5C(=O)N(C5CCC(=O)NC5=O)C6=O)c(F)c4)cc3c2NC2CC2)C1. The first-order chi connectivity index (χ1) is 30.6. The number of carbonyl (C=O) groups excluding carboxylic acids is 7. The summed E-state index contributed by atoms with van der Waals surface area (Å²) >= 11 is 0. The van der Waals surface area contributed by atoms with Gasteiger partial charge in [-0.2, -0.15) is 13.2 Å². The second-order valence-corrected chi connectivity index (χ2v) is 16.3. The molecule has 2 saturated heterocycles. The minimum Gasteiger partial charge on any atom is -0.381 e. The fourth-order valence-corrected chi connectivity index (χ4v) is 8.07. The van der Waals surface area contributed by atoms with E-state index in [4.69, 9.17) is 0 Å². The summed E-state index contributed by atoms with van der Waals surface area (Å²) in [5.74, 6) is -5.34. The van der Waals surface area contributed by atoms with Crippen LogP contribution in [0.2, 0.25) is 0 Å². The van der Waals surface area contributed by atoms with Crippen LogP contribution in [0.5, 0.6) is 0 Å². The number of anilines is 2. The number of amides is 7. The Kier molecular flexibility index (Phi) is 12.1. The number of benzene rings is 3. The number of aromatic nitrogens is 1. The summed E-state index contributed by atoms with van der Waals surface area (Å²) in [5.41, 5.74) is -1.14. The van der Waals surface area contributed by atoms with E-state index in [0.717, 1.165) is 35.9 Å². The Labute approximate surface area is 362 Å². The van der Waals surface area contributed by atoms with Crippen molar-refractivity contribution in [3.63, 3.8) is 0 Å². The quantitative estimate of drug-likeness (QED) is 0.0575. The lowest BCUT2D eigenvalue weighted by Crippen LogP contribution is -2.57. The number of likely N-dealkylation sites (N-methyl/N-ethyl adjacent to an activating group) is 1. The monoisotopic (exact) mass is 885 g/mol. The molecule has 1 atom stereocenters. The molecule has 6 N–H and O–H groups in total. The summed E-state index contributed by atoms with van der Waals surface area (Å²) < 4.78 is 59.1. The van der Waals surface area contributed by atoms with Gasteiger partial charge in [-0.05, 0) is 86.7 Å². The summed E-state index contributed by atoms with van der Waals surface area (Å²) in [6.45, 7) is 1.33. The van der Waals surface area contributed by atoms with Crippen molar-refractivity contribution in [3.8, 4) is 11.1 Å². The molecule has 4 heterocycles. The minimum atomic E-state index is -4.85. The molecule has 16 nitrogen and oxygen atoms in total. The van der Waals surface area contributed by atoms with Gasteiger partial charge in [0, 0.05) is 55.9 Å². The van der Waals surface area contributed by atoms with Crippen LogP contribution < -0.4 is 31.9 Å².